The number of aliphatic imine (C=N–C) groups is 1. The zero-order valence-electron chi connectivity index (χ0n) is 5.26. The van der Waals surface area contributed by atoms with Crippen LogP contribution in [0.2, 0.25) is 0 Å². The van der Waals surface area contributed by atoms with Crippen LogP contribution in [0.1, 0.15) is 13.3 Å². The van der Waals surface area contributed by atoms with Crippen LogP contribution in [0.4, 0.5) is 0 Å². The summed E-state index contributed by atoms with van der Waals surface area (Å²) in [6, 6.07) is 0. The molecule has 2 N–H and O–H groups in total. The predicted octanol–water partition coefficient (Wildman–Crippen LogP) is 1.26. The molecule has 50 valence electrons. The molecular weight excluding hydrogens is 136 g/mol. The van der Waals surface area contributed by atoms with E-state index in [9.17, 15) is 0 Å². The quantitative estimate of drug-likeness (QED) is 0.404. The molecule has 3 heteroatoms. The van der Waals surface area contributed by atoms with Gasteiger partial charge in [-0.25, -0.2) is 0 Å². The lowest BCUT2D eigenvalue weighted by Crippen LogP contribution is -2.12. The van der Waals surface area contributed by atoms with Gasteiger partial charge >= 0.3 is 0 Å². The first kappa shape index (κ1) is 6.62. The maximum atomic E-state index is 5.70. The van der Waals surface area contributed by atoms with E-state index >= 15 is 0 Å². The fraction of sp³-hybridized carbons (Fsp3) is 0.500. The molecule has 0 spiro atoms. The summed E-state index contributed by atoms with van der Waals surface area (Å²) in [5.41, 5.74) is 7.11. The zero-order chi connectivity index (χ0) is 6.85. The molecule has 1 unspecified atom stereocenters. The number of halogens is 1. The van der Waals surface area contributed by atoms with Gasteiger partial charge in [-0.05, 0) is 13.0 Å². The van der Waals surface area contributed by atoms with E-state index < -0.39 is 0 Å². The largest absolute Gasteiger partial charge is 0.402 e. The number of alkyl halides is 1. The Kier molecular flexibility index (Phi) is 1.76. The lowest BCUT2D eigenvalue weighted by Gasteiger charge is -2.10. The smallest absolute Gasteiger partial charge is 0.129 e. The van der Waals surface area contributed by atoms with Crippen LogP contribution < -0.4 is 5.73 Å². The maximum absolute atomic E-state index is 5.70. The highest BCUT2D eigenvalue weighted by Crippen LogP contribution is 2.13. The number of nitrogens with zero attached hydrogens (tertiary/aromatic N) is 1. The zero-order valence-corrected chi connectivity index (χ0v) is 6.02. The maximum Gasteiger partial charge on any atom is 0.129 e. The summed E-state index contributed by atoms with van der Waals surface area (Å²) in [5, 5.41) is 0. The van der Waals surface area contributed by atoms with Crippen molar-refractivity contribution in [1.82, 2.24) is 0 Å². The van der Waals surface area contributed by atoms with Crippen LogP contribution in [0.15, 0.2) is 16.8 Å². The summed E-state index contributed by atoms with van der Waals surface area (Å²) < 4.78 is 0. The van der Waals surface area contributed by atoms with Gasteiger partial charge in [0.15, 0.2) is 0 Å². The molecule has 1 aliphatic rings. The second-order valence-corrected chi connectivity index (χ2v) is 2.63. The van der Waals surface area contributed by atoms with Crippen molar-refractivity contribution in [3.8, 4) is 0 Å². The fourth-order valence-electron chi connectivity index (χ4n) is 0.826. The molecule has 0 aliphatic carbocycles. The highest BCUT2D eigenvalue weighted by atomic mass is 35.5. The van der Waals surface area contributed by atoms with Gasteiger partial charge < -0.3 is 5.73 Å². The third-order valence-electron chi connectivity index (χ3n) is 1.14. The number of hydrogen-bond acceptors (Lipinski definition) is 2. The van der Waals surface area contributed by atoms with Crippen molar-refractivity contribution in [3.63, 3.8) is 0 Å². The highest BCUT2D eigenvalue weighted by molar-refractivity contribution is 6.21. The third-order valence-corrected chi connectivity index (χ3v) is 1.39. The average Bonchev–Trinajstić information content (AvgIpc) is 1.59. The monoisotopic (exact) mass is 144 g/mol. The van der Waals surface area contributed by atoms with E-state index in [1.807, 2.05) is 13.0 Å². The molecule has 0 amide bonds. The number of nitrogens with two attached hydrogens (primary N) is 1. The summed E-state index contributed by atoms with van der Waals surface area (Å²) in [5.74, 6) is 0. The topological polar surface area (TPSA) is 38.4 Å². The van der Waals surface area contributed by atoms with Crippen molar-refractivity contribution in [3.05, 3.63) is 11.8 Å². The Bertz CT molecular complexity index is 172. The van der Waals surface area contributed by atoms with Crippen molar-refractivity contribution >= 4 is 17.3 Å². The summed E-state index contributed by atoms with van der Waals surface area (Å²) in [6.07, 6.45) is 2.53. The number of hydrogen-bond donors (Lipinski definition) is 1. The lowest BCUT2D eigenvalue weighted by molar-refractivity contribution is 0.853. The molecule has 1 aliphatic heterocycles. The van der Waals surface area contributed by atoms with Gasteiger partial charge in [-0.3, -0.25) is 4.99 Å². The van der Waals surface area contributed by atoms with Gasteiger partial charge in [-0.1, -0.05) is 11.6 Å². The van der Waals surface area contributed by atoms with Gasteiger partial charge in [0, 0.05) is 17.8 Å². The Morgan fingerprint density at radius 2 is 2.56 bits per heavy atom. The number of allylic oxidation sites excluding steroid dienone is 1. The summed E-state index contributed by atoms with van der Waals surface area (Å²) in [6.45, 7) is 1.89. The first-order chi connectivity index (χ1) is 4.18. The molecule has 1 rings (SSSR count). The standard InChI is InChI=1S/C6H9ClN2/c1-4-2-5(8)3-6(7)9-4/h2,6H,3,8H2,1H3. The van der Waals surface area contributed by atoms with E-state index in [0.29, 0.717) is 6.42 Å². The van der Waals surface area contributed by atoms with Crippen LogP contribution in [0.25, 0.3) is 0 Å². The number of dihydropyridines is 1. The molecule has 0 aromatic carbocycles. The molecule has 0 aromatic heterocycles. The van der Waals surface area contributed by atoms with E-state index in [4.69, 9.17) is 17.3 Å². The van der Waals surface area contributed by atoms with Crippen LogP contribution in [-0.2, 0) is 0 Å². The third kappa shape index (κ3) is 1.72. The lowest BCUT2D eigenvalue weighted by atomic mass is 10.2. The van der Waals surface area contributed by atoms with Gasteiger partial charge in [0.2, 0.25) is 0 Å². The second kappa shape index (κ2) is 2.40. The molecule has 0 saturated heterocycles. The van der Waals surface area contributed by atoms with Gasteiger partial charge in [-0.2, -0.15) is 0 Å². The van der Waals surface area contributed by atoms with Crippen molar-refractivity contribution in [2.45, 2.75) is 18.8 Å². The summed E-state index contributed by atoms with van der Waals surface area (Å²) in [7, 11) is 0. The van der Waals surface area contributed by atoms with E-state index in [1.54, 1.807) is 0 Å². The van der Waals surface area contributed by atoms with Crippen LogP contribution >= 0.6 is 11.6 Å². The van der Waals surface area contributed by atoms with E-state index in [0.717, 1.165) is 11.4 Å². The molecule has 2 nitrogen and oxygen atoms in total. The number of rotatable bonds is 0. The van der Waals surface area contributed by atoms with Crippen LogP contribution in [0.5, 0.6) is 0 Å². The fourth-order valence-corrected chi connectivity index (χ4v) is 1.16. The van der Waals surface area contributed by atoms with E-state index in [-0.39, 0.29) is 5.50 Å². The second-order valence-electron chi connectivity index (χ2n) is 2.13. The SMILES string of the molecule is CC1=NC(Cl)CC(N)=C1. The molecule has 0 saturated carbocycles. The van der Waals surface area contributed by atoms with Crippen molar-refractivity contribution in [1.29, 1.82) is 0 Å². The van der Waals surface area contributed by atoms with Gasteiger partial charge in [-0.15, -0.1) is 0 Å². The molecule has 1 atom stereocenters. The van der Waals surface area contributed by atoms with Gasteiger partial charge in [0.25, 0.3) is 0 Å². The van der Waals surface area contributed by atoms with Crippen LogP contribution in [0.3, 0.4) is 0 Å². The average molecular weight is 145 g/mol. The van der Waals surface area contributed by atoms with Crippen LogP contribution in [0, 0.1) is 0 Å². The molecule has 0 aromatic rings. The minimum absolute atomic E-state index is 0.144. The Morgan fingerprint density at radius 1 is 1.89 bits per heavy atom. The molecule has 9 heavy (non-hydrogen) atoms. The molecule has 0 bridgehead atoms. The molecule has 0 radical (unpaired) electrons. The van der Waals surface area contributed by atoms with Gasteiger partial charge in [0.05, 0.1) is 0 Å². The van der Waals surface area contributed by atoms with Gasteiger partial charge in [0.1, 0.15) is 5.50 Å². The Labute approximate surface area is 59.4 Å². The van der Waals surface area contributed by atoms with E-state index in [2.05, 4.69) is 4.99 Å². The Hall–Kier alpha value is -0.500. The Morgan fingerprint density at radius 3 is 3.00 bits per heavy atom. The predicted molar refractivity (Wildman–Crippen MR) is 39.6 cm³/mol. The summed E-state index contributed by atoms with van der Waals surface area (Å²) >= 11 is 5.70. The first-order valence-corrected chi connectivity index (χ1v) is 3.26. The van der Waals surface area contributed by atoms with Crippen molar-refractivity contribution in [2.24, 2.45) is 10.7 Å². The summed E-state index contributed by atoms with van der Waals surface area (Å²) in [4.78, 5) is 4.06. The highest BCUT2D eigenvalue weighted by Gasteiger charge is 2.08. The molecular formula is C6H9ClN2. The Balaban J connectivity index is 2.74. The molecule has 0 fully saturated rings. The van der Waals surface area contributed by atoms with Crippen LogP contribution in [-0.4, -0.2) is 11.2 Å². The first-order valence-electron chi connectivity index (χ1n) is 2.83. The minimum Gasteiger partial charge on any atom is -0.402 e. The van der Waals surface area contributed by atoms with Crippen molar-refractivity contribution < 1.29 is 0 Å². The molecule has 1 heterocycles. The normalized spacial score (nSPS) is 27.1. The minimum atomic E-state index is -0.144. The van der Waals surface area contributed by atoms with E-state index in [1.165, 1.54) is 0 Å². The van der Waals surface area contributed by atoms with Crippen molar-refractivity contribution in [2.75, 3.05) is 0 Å².